The van der Waals surface area contributed by atoms with E-state index in [1.165, 1.54) is 11.8 Å². The number of rotatable bonds is 3. The Morgan fingerprint density at radius 2 is 2.07 bits per heavy atom. The van der Waals surface area contributed by atoms with Gasteiger partial charge in [0.05, 0.1) is 6.20 Å². The molecule has 0 aliphatic carbocycles. The van der Waals surface area contributed by atoms with Gasteiger partial charge in [0.1, 0.15) is 6.26 Å². The highest BCUT2D eigenvalue weighted by molar-refractivity contribution is 7.99. The minimum absolute atomic E-state index is 0.0748. The van der Waals surface area contributed by atoms with Crippen LogP contribution >= 0.6 is 11.8 Å². The molecule has 0 aliphatic heterocycles. The zero-order chi connectivity index (χ0) is 10.7. The van der Waals surface area contributed by atoms with Gasteiger partial charge in [0.25, 0.3) is 5.22 Å². The SMILES string of the molecule is C[C@@H](N)c1ccc(Sc2ncco2)cc1. The fraction of sp³-hybridized carbons (Fsp3) is 0.182. The smallest absolute Gasteiger partial charge is 0.260 e. The lowest BCUT2D eigenvalue weighted by Crippen LogP contribution is -2.04. The number of aromatic nitrogens is 1. The normalized spacial score (nSPS) is 12.7. The molecular formula is C11H12N2OS. The Morgan fingerprint density at radius 1 is 1.33 bits per heavy atom. The van der Waals surface area contributed by atoms with E-state index in [-0.39, 0.29) is 6.04 Å². The molecule has 3 nitrogen and oxygen atoms in total. The molecule has 2 rings (SSSR count). The van der Waals surface area contributed by atoms with Crippen LogP contribution in [0.2, 0.25) is 0 Å². The summed E-state index contributed by atoms with van der Waals surface area (Å²) < 4.78 is 5.14. The third-order valence-corrected chi connectivity index (χ3v) is 2.90. The Morgan fingerprint density at radius 3 is 2.60 bits per heavy atom. The Kier molecular flexibility index (Phi) is 3.08. The second-order valence-electron chi connectivity index (χ2n) is 3.26. The molecule has 1 aromatic carbocycles. The summed E-state index contributed by atoms with van der Waals surface area (Å²) >= 11 is 1.50. The molecule has 2 aromatic rings. The topological polar surface area (TPSA) is 52.0 Å². The Bertz CT molecular complexity index is 409. The van der Waals surface area contributed by atoms with Gasteiger partial charge < -0.3 is 10.2 Å². The molecule has 0 fully saturated rings. The summed E-state index contributed by atoms with van der Waals surface area (Å²) in [6, 6.07) is 8.17. The van der Waals surface area contributed by atoms with Gasteiger partial charge >= 0.3 is 0 Å². The summed E-state index contributed by atoms with van der Waals surface area (Å²) in [5, 5.41) is 0.656. The highest BCUT2D eigenvalue weighted by Gasteiger charge is 2.02. The number of hydrogen-bond acceptors (Lipinski definition) is 4. The van der Waals surface area contributed by atoms with E-state index >= 15 is 0 Å². The van der Waals surface area contributed by atoms with Crippen molar-refractivity contribution in [3.63, 3.8) is 0 Å². The predicted octanol–water partition coefficient (Wildman–Crippen LogP) is 2.85. The summed E-state index contributed by atoms with van der Waals surface area (Å²) in [6.07, 6.45) is 3.21. The molecular weight excluding hydrogens is 208 g/mol. The lowest BCUT2D eigenvalue weighted by molar-refractivity contribution is 0.454. The van der Waals surface area contributed by atoms with Crippen LogP contribution in [-0.4, -0.2) is 4.98 Å². The fourth-order valence-electron chi connectivity index (χ4n) is 1.20. The van der Waals surface area contributed by atoms with Gasteiger partial charge in [-0.25, -0.2) is 4.98 Å². The number of nitrogens with two attached hydrogens (primary N) is 1. The molecule has 0 radical (unpaired) electrons. The third-order valence-electron chi connectivity index (χ3n) is 2.02. The third kappa shape index (κ3) is 2.61. The quantitative estimate of drug-likeness (QED) is 0.864. The van der Waals surface area contributed by atoms with E-state index in [1.807, 2.05) is 31.2 Å². The van der Waals surface area contributed by atoms with Crippen LogP contribution < -0.4 is 5.73 Å². The van der Waals surface area contributed by atoms with Crippen molar-refractivity contribution in [2.24, 2.45) is 5.73 Å². The fourth-order valence-corrected chi connectivity index (χ4v) is 1.89. The van der Waals surface area contributed by atoms with Gasteiger partial charge in [-0.05, 0) is 36.4 Å². The average Bonchev–Trinajstić information content (AvgIpc) is 2.71. The van der Waals surface area contributed by atoms with Crippen molar-refractivity contribution < 1.29 is 4.42 Å². The summed E-state index contributed by atoms with van der Waals surface area (Å²) in [4.78, 5) is 5.14. The molecule has 4 heteroatoms. The first-order valence-electron chi connectivity index (χ1n) is 4.68. The zero-order valence-electron chi connectivity index (χ0n) is 8.38. The Hall–Kier alpha value is -1.26. The van der Waals surface area contributed by atoms with Crippen molar-refractivity contribution in [3.05, 3.63) is 42.3 Å². The highest BCUT2D eigenvalue weighted by atomic mass is 32.2. The van der Waals surface area contributed by atoms with Crippen molar-refractivity contribution in [2.75, 3.05) is 0 Å². The second-order valence-corrected chi connectivity index (χ2v) is 4.28. The largest absolute Gasteiger partial charge is 0.440 e. The molecule has 1 aromatic heterocycles. The molecule has 0 spiro atoms. The Balaban J connectivity index is 2.11. The standard InChI is InChI=1S/C11H12N2OS/c1-8(12)9-2-4-10(5-3-9)15-11-13-6-7-14-11/h2-8H,12H2,1H3/t8-/m1/s1. The van der Waals surface area contributed by atoms with Crippen LogP contribution in [0.5, 0.6) is 0 Å². The van der Waals surface area contributed by atoms with E-state index in [1.54, 1.807) is 12.5 Å². The first kappa shape index (κ1) is 10.3. The van der Waals surface area contributed by atoms with Crippen LogP contribution in [0.15, 0.2) is 51.3 Å². The molecule has 78 valence electrons. The van der Waals surface area contributed by atoms with E-state index < -0.39 is 0 Å². The molecule has 1 heterocycles. The minimum Gasteiger partial charge on any atom is -0.440 e. The molecule has 0 amide bonds. The summed E-state index contributed by atoms with van der Waals surface area (Å²) in [5.41, 5.74) is 6.89. The van der Waals surface area contributed by atoms with E-state index in [4.69, 9.17) is 10.2 Å². The number of hydrogen-bond donors (Lipinski definition) is 1. The van der Waals surface area contributed by atoms with Crippen LogP contribution in [0.25, 0.3) is 0 Å². The lowest BCUT2D eigenvalue weighted by atomic mass is 10.1. The van der Waals surface area contributed by atoms with Crippen molar-refractivity contribution in [1.29, 1.82) is 0 Å². The van der Waals surface area contributed by atoms with Gasteiger partial charge in [-0.3, -0.25) is 0 Å². The minimum atomic E-state index is 0.0748. The molecule has 0 saturated heterocycles. The maximum atomic E-state index is 5.76. The van der Waals surface area contributed by atoms with Gasteiger partial charge in [-0.15, -0.1) is 0 Å². The number of benzene rings is 1. The van der Waals surface area contributed by atoms with E-state index in [0.29, 0.717) is 5.22 Å². The van der Waals surface area contributed by atoms with Crippen molar-refractivity contribution in [2.45, 2.75) is 23.1 Å². The predicted molar refractivity (Wildman–Crippen MR) is 59.7 cm³/mol. The first-order valence-corrected chi connectivity index (χ1v) is 5.50. The molecule has 0 unspecified atom stereocenters. The maximum absolute atomic E-state index is 5.76. The van der Waals surface area contributed by atoms with Crippen LogP contribution in [0.4, 0.5) is 0 Å². The van der Waals surface area contributed by atoms with Gasteiger partial charge in [-0.2, -0.15) is 0 Å². The van der Waals surface area contributed by atoms with E-state index in [2.05, 4.69) is 4.98 Å². The molecule has 15 heavy (non-hydrogen) atoms. The van der Waals surface area contributed by atoms with Gasteiger partial charge in [-0.1, -0.05) is 12.1 Å². The summed E-state index contributed by atoms with van der Waals surface area (Å²) in [7, 11) is 0. The summed E-state index contributed by atoms with van der Waals surface area (Å²) in [5.74, 6) is 0. The second kappa shape index (κ2) is 4.51. The van der Waals surface area contributed by atoms with E-state index in [0.717, 1.165) is 10.5 Å². The lowest BCUT2D eigenvalue weighted by Gasteiger charge is -2.05. The van der Waals surface area contributed by atoms with Gasteiger partial charge in [0, 0.05) is 10.9 Å². The first-order chi connectivity index (χ1) is 7.25. The molecule has 0 saturated carbocycles. The van der Waals surface area contributed by atoms with Crippen molar-refractivity contribution in [1.82, 2.24) is 4.98 Å². The average molecular weight is 220 g/mol. The number of nitrogens with zero attached hydrogens (tertiary/aromatic N) is 1. The number of oxazole rings is 1. The molecule has 1 atom stereocenters. The van der Waals surface area contributed by atoms with Crippen molar-refractivity contribution in [3.8, 4) is 0 Å². The zero-order valence-corrected chi connectivity index (χ0v) is 9.20. The maximum Gasteiger partial charge on any atom is 0.260 e. The van der Waals surface area contributed by atoms with Gasteiger partial charge in [0.15, 0.2) is 0 Å². The van der Waals surface area contributed by atoms with Crippen LogP contribution in [0.1, 0.15) is 18.5 Å². The van der Waals surface area contributed by atoms with Gasteiger partial charge in [0.2, 0.25) is 0 Å². The van der Waals surface area contributed by atoms with Crippen molar-refractivity contribution >= 4 is 11.8 Å². The molecule has 0 bridgehead atoms. The summed E-state index contributed by atoms with van der Waals surface area (Å²) in [6.45, 7) is 1.97. The molecule has 0 aliphatic rings. The Labute approximate surface area is 92.7 Å². The molecule has 2 N–H and O–H groups in total. The van der Waals surface area contributed by atoms with Crippen LogP contribution in [-0.2, 0) is 0 Å². The van der Waals surface area contributed by atoms with Crippen LogP contribution in [0.3, 0.4) is 0 Å². The van der Waals surface area contributed by atoms with Crippen LogP contribution in [0, 0.1) is 0 Å². The monoisotopic (exact) mass is 220 g/mol. The van der Waals surface area contributed by atoms with E-state index in [9.17, 15) is 0 Å². The highest BCUT2D eigenvalue weighted by Crippen LogP contribution is 2.26.